The predicted molar refractivity (Wildman–Crippen MR) is 88.8 cm³/mol. The Kier molecular flexibility index (Phi) is 6.66. The quantitative estimate of drug-likeness (QED) is 0.742. The van der Waals surface area contributed by atoms with Crippen molar-refractivity contribution in [3.05, 3.63) is 0 Å². The van der Waals surface area contributed by atoms with Gasteiger partial charge in [0.25, 0.3) is 0 Å². The van der Waals surface area contributed by atoms with E-state index in [-0.39, 0.29) is 5.91 Å². The molecule has 128 valence electrons. The molecule has 2 fully saturated rings. The van der Waals surface area contributed by atoms with Gasteiger partial charge in [0.1, 0.15) is 0 Å². The first-order valence-electron chi connectivity index (χ1n) is 8.90. The molecule has 1 atom stereocenters. The zero-order chi connectivity index (χ0) is 16.0. The topological polar surface area (TPSA) is 55.8 Å². The van der Waals surface area contributed by atoms with E-state index in [1.54, 1.807) is 0 Å². The van der Waals surface area contributed by atoms with Gasteiger partial charge in [-0.1, -0.05) is 12.8 Å². The molecule has 22 heavy (non-hydrogen) atoms. The third-order valence-electron chi connectivity index (χ3n) is 5.40. The van der Waals surface area contributed by atoms with E-state index in [1.807, 2.05) is 0 Å². The fourth-order valence-electron chi connectivity index (χ4n) is 3.59. The van der Waals surface area contributed by atoms with Crippen molar-refractivity contribution in [1.29, 1.82) is 0 Å². The SMILES string of the molecule is C[C@@H](CCC(=O)NCCC1(O)CCCC1)N1CCN(C)CC1. The van der Waals surface area contributed by atoms with E-state index in [9.17, 15) is 9.90 Å². The van der Waals surface area contributed by atoms with Gasteiger partial charge in [0, 0.05) is 45.2 Å². The molecule has 1 saturated carbocycles. The molecular weight excluding hydrogens is 278 g/mol. The summed E-state index contributed by atoms with van der Waals surface area (Å²) in [4.78, 5) is 16.8. The molecule has 1 heterocycles. The van der Waals surface area contributed by atoms with Crippen molar-refractivity contribution in [2.75, 3.05) is 39.8 Å². The summed E-state index contributed by atoms with van der Waals surface area (Å²) in [6.07, 6.45) is 6.23. The molecule has 2 N–H and O–H groups in total. The molecule has 0 unspecified atom stereocenters. The molecule has 1 amide bonds. The Balaban J connectivity index is 1.57. The van der Waals surface area contributed by atoms with Crippen LogP contribution >= 0.6 is 0 Å². The summed E-state index contributed by atoms with van der Waals surface area (Å²) in [5.41, 5.74) is -0.513. The van der Waals surface area contributed by atoms with Crippen molar-refractivity contribution in [3.63, 3.8) is 0 Å². The zero-order valence-electron chi connectivity index (χ0n) is 14.3. The van der Waals surface area contributed by atoms with Crippen LogP contribution in [-0.4, -0.2) is 72.2 Å². The molecule has 2 aliphatic rings. The minimum Gasteiger partial charge on any atom is -0.390 e. The highest BCUT2D eigenvalue weighted by molar-refractivity contribution is 5.75. The van der Waals surface area contributed by atoms with Crippen molar-refractivity contribution >= 4 is 5.91 Å². The lowest BCUT2D eigenvalue weighted by Gasteiger charge is -2.36. The van der Waals surface area contributed by atoms with Gasteiger partial charge in [0.05, 0.1) is 5.60 Å². The number of aliphatic hydroxyl groups is 1. The van der Waals surface area contributed by atoms with Crippen LogP contribution in [0.15, 0.2) is 0 Å². The molecule has 0 aromatic heterocycles. The minimum absolute atomic E-state index is 0.127. The van der Waals surface area contributed by atoms with E-state index < -0.39 is 5.60 Å². The van der Waals surface area contributed by atoms with Crippen LogP contribution in [0.3, 0.4) is 0 Å². The van der Waals surface area contributed by atoms with Crippen molar-refractivity contribution < 1.29 is 9.90 Å². The van der Waals surface area contributed by atoms with Gasteiger partial charge in [-0.05, 0) is 39.7 Å². The van der Waals surface area contributed by atoms with Crippen LogP contribution in [-0.2, 0) is 4.79 Å². The first-order chi connectivity index (χ1) is 10.5. The van der Waals surface area contributed by atoms with Gasteiger partial charge >= 0.3 is 0 Å². The second kappa shape index (κ2) is 8.27. The van der Waals surface area contributed by atoms with Crippen LogP contribution < -0.4 is 5.32 Å². The molecule has 2 rings (SSSR count). The van der Waals surface area contributed by atoms with E-state index >= 15 is 0 Å². The molecule has 5 nitrogen and oxygen atoms in total. The number of likely N-dealkylation sites (N-methyl/N-ethyl adjacent to an activating group) is 1. The highest BCUT2D eigenvalue weighted by atomic mass is 16.3. The number of hydrogen-bond donors (Lipinski definition) is 2. The maximum Gasteiger partial charge on any atom is 0.220 e. The number of rotatable bonds is 7. The minimum atomic E-state index is -0.513. The summed E-state index contributed by atoms with van der Waals surface area (Å²) in [5.74, 6) is 0.127. The van der Waals surface area contributed by atoms with Crippen LogP contribution in [0.1, 0.15) is 51.9 Å². The van der Waals surface area contributed by atoms with E-state index in [0.717, 1.165) is 58.3 Å². The summed E-state index contributed by atoms with van der Waals surface area (Å²) in [7, 11) is 2.16. The van der Waals surface area contributed by atoms with E-state index in [2.05, 4.69) is 29.1 Å². The average molecular weight is 311 g/mol. The van der Waals surface area contributed by atoms with Crippen LogP contribution in [0.4, 0.5) is 0 Å². The predicted octanol–water partition coefficient (Wildman–Crippen LogP) is 1.21. The first kappa shape index (κ1) is 17.7. The fraction of sp³-hybridized carbons (Fsp3) is 0.941. The van der Waals surface area contributed by atoms with Crippen LogP contribution in [0.25, 0.3) is 0 Å². The molecule has 1 saturated heterocycles. The summed E-state index contributed by atoms with van der Waals surface area (Å²) in [6, 6.07) is 0.471. The van der Waals surface area contributed by atoms with E-state index in [1.165, 1.54) is 0 Å². The number of piperazine rings is 1. The molecule has 0 bridgehead atoms. The maximum atomic E-state index is 11.9. The van der Waals surface area contributed by atoms with E-state index in [0.29, 0.717) is 25.4 Å². The van der Waals surface area contributed by atoms with Gasteiger partial charge in [-0.25, -0.2) is 0 Å². The first-order valence-corrected chi connectivity index (χ1v) is 8.90. The summed E-state index contributed by atoms with van der Waals surface area (Å²) in [6.45, 7) is 7.28. The van der Waals surface area contributed by atoms with Crippen molar-refractivity contribution in [2.24, 2.45) is 0 Å². The van der Waals surface area contributed by atoms with Crippen molar-refractivity contribution in [1.82, 2.24) is 15.1 Å². The third-order valence-corrected chi connectivity index (χ3v) is 5.40. The second-order valence-electron chi connectivity index (χ2n) is 7.26. The summed E-state index contributed by atoms with van der Waals surface area (Å²) < 4.78 is 0. The highest BCUT2D eigenvalue weighted by Gasteiger charge is 2.30. The third kappa shape index (κ3) is 5.52. The Bertz CT molecular complexity index is 348. The number of amides is 1. The molecule has 5 heteroatoms. The van der Waals surface area contributed by atoms with Crippen LogP contribution in [0.2, 0.25) is 0 Å². The van der Waals surface area contributed by atoms with Crippen LogP contribution in [0, 0.1) is 0 Å². The number of hydrogen-bond acceptors (Lipinski definition) is 4. The zero-order valence-corrected chi connectivity index (χ0v) is 14.3. The molecule has 0 aromatic rings. The lowest BCUT2D eigenvalue weighted by atomic mass is 9.98. The Labute approximate surface area is 135 Å². The monoisotopic (exact) mass is 311 g/mol. The lowest BCUT2D eigenvalue weighted by molar-refractivity contribution is -0.121. The van der Waals surface area contributed by atoms with Gasteiger partial charge in [0.2, 0.25) is 5.91 Å². The smallest absolute Gasteiger partial charge is 0.220 e. The Morgan fingerprint density at radius 1 is 1.23 bits per heavy atom. The number of nitrogens with zero attached hydrogens (tertiary/aromatic N) is 2. The van der Waals surface area contributed by atoms with E-state index in [4.69, 9.17) is 0 Å². The molecule has 0 spiro atoms. The standard InChI is InChI=1S/C17H33N3O2/c1-15(20-13-11-19(2)12-14-20)5-6-16(21)18-10-9-17(22)7-3-4-8-17/h15,22H,3-14H2,1-2H3,(H,18,21)/t15-/m0/s1. The second-order valence-corrected chi connectivity index (χ2v) is 7.26. The maximum absolute atomic E-state index is 11.9. The molecule has 1 aliphatic heterocycles. The van der Waals surface area contributed by atoms with Gasteiger partial charge in [0.15, 0.2) is 0 Å². The summed E-state index contributed by atoms with van der Waals surface area (Å²) in [5, 5.41) is 13.2. The lowest BCUT2D eigenvalue weighted by Crippen LogP contribution is -2.48. The molecule has 1 aliphatic carbocycles. The largest absolute Gasteiger partial charge is 0.390 e. The number of carbonyl (C=O) groups excluding carboxylic acids is 1. The Morgan fingerprint density at radius 2 is 1.86 bits per heavy atom. The fourth-order valence-corrected chi connectivity index (χ4v) is 3.59. The van der Waals surface area contributed by atoms with Crippen molar-refractivity contribution in [3.8, 4) is 0 Å². The average Bonchev–Trinajstić information content (AvgIpc) is 2.92. The highest BCUT2D eigenvalue weighted by Crippen LogP contribution is 2.31. The molecule has 0 aromatic carbocycles. The van der Waals surface area contributed by atoms with Gasteiger partial charge in [-0.2, -0.15) is 0 Å². The molecular formula is C17H33N3O2. The molecule has 0 radical (unpaired) electrons. The normalized spacial score (nSPS) is 24.3. The summed E-state index contributed by atoms with van der Waals surface area (Å²) >= 11 is 0. The Hall–Kier alpha value is -0.650. The van der Waals surface area contributed by atoms with Crippen LogP contribution in [0.5, 0.6) is 0 Å². The Morgan fingerprint density at radius 3 is 2.50 bits per heavy atom. The van der Waals surface area contributed by atoms with Gasteiger partial charge < -0.3 is 15.3 Å². The van der Waals surface area contributed by atoms with Crippen molar-refractivity contribution in [2.45, 2.75) is 63.5 Å². The van der Waals surface area contributed by atoms with Gasteiger partial charge in [-0.15, -0.1) is 0 Å². The number of carbonyl (C=O) groups is 1. The number of nitrogens with one attached hydrogen (secondary N) is 1. The van der Waals surface area contributed by atoms with Gasteiger partial charge in [-0.3, -0.25) is 9.69 Å².